The van der Waals surface area contributed by atoms with Crippen LogP contribution in [0.3, 0.4) is 0 Å². The van der Waals surface area contributed by atoms with Crippen molar-refractivity contribution in [3.63, 3.8) is 0 Å². The number of nitrogens with zero attached hydrogens (tertiary/aromatic N) is 1. The number of carbonyl (C=O) groups excluding carboxylic acids is 2. The number of ether oxygens (including phenoxy) is 1. The minimum atomic E-state index is -0.200. The number of hydroxylamine groups is 1. The van der Waals surface area contributed by atoms with Crippen LogP contribution in [0.15, 0.2) is 30.3 Å². The van der Waals surface area contributed by atoms with Gasteiger partial charge in [-0.25, -0.2) is 5.48 Å². The third kappa shape index (κ3) is 5.56. The van der Waals surface area contributed by atoms with Crippen molar-refractivity contribution in [1.29, 1.82) is 0 Å². The highest BCUT2D eigenvalue weighted by molar-refractivity contribution is 5.80. The molecular weight excluding hydrogens is 296 g/mol. The molecule has 1 aromatic carbocycles. The van der Waals surface area contributed by atoms with Crippen molar-refractivity contribution in [3.8, 4) is 5.75 Å². The van der Waals surface area contributed by atoms with Gasteiger partial charge in [0.1, 0.15) is 5.75 Å². The molecule has 0 spiro atoms. The molecule has 126 valence electrons. The lowest BCUT2D eigenvalue weighted by atomic mass is 9.97. The van der Waals surface area contributed by atoms with Gasteiger partial charge in [-0.05, 0) is 31.9 Å². The predicted molar refractivity (Wildman–Crippen MR) is 85.6 cm³/mol. The largest absolute Gasteiger partial charge is 0.493 e. The molecule has 1 aromatic rings. The molecule has 0 radical (unpaired) electrons. The maximum absolute atomic E-state index is 12.3. The summed E-state index contributed by atoms with van der Waals surface area (Å²) in [5, 5.41) is 0. The number of carbonyl (C=O) groups is 2. The third-order valence-corrected chi connectivity index (χ3v) is 3.79. The molecule has 1 fully saturated rings. The number of piperidine rings is 1. The molecule has 0 bridgehead atoms. The molecule has 6 nitrogen and oxygen atoms in total. The summed E-state index contributed by atoms with van der Waals surface area (Å²) >= 11 is 0. The van der Waals surface area contributed by atoms with Crippen LogP contribution < -0.4 is 10.2 Å². The topological polar surface area (TPSA) is 67.9 Å². The molecule has 0 aliphatic carbocycles. The summed E-state index contributed by atoms with van der Waals surface area (Å²) in [5.74, 6) is 0.432. The van der Waals surface area contributed by atoms with Gasteiger partial charge in [0.05, 0.1) is 25.6 Å². The lowest BCUT2D eigenvalue weighted by Crippen LogP contribution is -2.45. The average Bonchev–Trinajstić information content (AvgIpc) is 2.60. The maximum Gasteiger partial charge on any atom is 0.248 e. The fourth-order valence-corrected chi connectivity index (χ4v) is 2.58. The monoisotopic (exact) mass is 320 g/mol. The molecular formula is C17H24N2O4. The number of hydrogen-bond donors (Lipinski definition) is 1. The number of amides is 2. The lowest BCUT2D eigenvalue weighted by molar-refractivity contribution is -0.142. The molecule has 1 saturated heterocycles. The second-order valence-corrected chi connectivity index (χ2v) is 5.49. The number of hydrogen-bond acceptors (Lipinski definition) is 4. The zero-order chi connectivity index (χ0) is 16.5. The van der Waals surface area contributed by atoms with Gasteiger partial charge in [0.2, 0.25) is 11.8 Å². The molecule has 0 saturated carbocycles. The number of likely N-dealkylation sites (tertiary alicyclic amines) is 1. The van der Waals surface area contributed by atoms with E-state index >= 15 is 0 Å². The van der Waals surface area contributed by atoms with E-state index in [1.54, 1.807) is 4.90 Å². The standard InChI is InChI=1S/C17H24N2O4/c1-2-23-18-17(21)14-7-6-11-19(13-14)16(20)10-12-22-15-8-4-3-5-9-15/h3-5,8-9,14H,2,6-7,10-13H2,1H3,(H,18,21)/t14-/m0/s1. The van der Waals surface area contributed by atoms with Crippen LogP contribution in [0.2, 0.25) is 0 Å². The molecule has 2 rings (SSSR count). The quantitative estimate of drug-likeness (QED) is 0.777. The maximum atomic E-state index is 12.3. The van der Waals surface area contributed by atoms with Gasteiger partial charge in [-0.2, -0.15) is 0 Å². The van der Waals surface area contributed by atoms with Crippen LogP contribution in [-0.2, 0) is 14.4 Å². The van der Waals surface area contributed by atoms with Crippen molar-refractivity contribution in [3.05, 3.63) is 30.3 Å². The SMILES string of the molecule is CCONC(=O)[C@H]1CCCN(C(=O)CCOc2ccccc2)C1. The van der Waals surface area contributed by atoms with E-state index in [1.165, 1.54) is 0 Å². The lowest BCUT2D eigenvalue weighted by Gasteiger charge is -2.32. The summed E-state index contributed by atoms with van der Waals surface area (Å²) < 4.78 is 5.55. The molecule has 0 unspecified atom stereocenters. The Morgan fingerprint density at radius 1 is 1.30 bits per heavy atom. The third-order valence-electron chi connectivity index (χ3n) is 3.79. The zero-order valence-electron chi connectivity index (χ0n) is 13.5. The van der Waals surface area contributed by atoms with E-state index in [1.807, 2.05) is 37.3 Å². The second-order valence-electron chi connectivity index (χ2n) is 5.49. The zero-order valence-corrected chi connectivity index (χ0v) is 13.5. The van der Waals surface area contributed by atoms with Crippen molar-refractivity contribution in [2.45, 2.75) is 26.2 Å². The smallest absolute Gasteiger partial charge is 0.248 e. The first-order valence-corrected chi connectivity index (χ1v) is 8.08. The number of rotatable bonds is 7. The van der Waals surface area contributed by atoms with E-state index in [9.17, 15) is 9.59 Å². The number of para-hydroxylation sites is 1. The van der Waals surface area contributed by atoms with Gasteiger partial charge >= 0.3 is 0 Å². The predicted octanol–water partition coefficient (Wildman–Crippen LogP) is 1.76. The van der Waals surface area contributed by atoms with Gasteiger partial charge in [-0.15, -0.1) is 0 Å². The van der Waals surface area contributed by atoms with Crippen molar-refractivity contribution in [2.24, 2.45) is 5.92 Å². The molecule has 1 heterocycles. The van der Waals surface area contributed by atoms with Gasteiger partial charge in [0, 0.05) is 13.1 Å². The van der Waals surface area contributed by atoms with E-state index in [0.717, 1.165) is 18.6 Å². The highest BCUT2D eigenvalue weighted by Crippen LogP contribution is 2.17. The molecule has 1 N–H and O–H groups in total. The van der Waals surface area contributed by atoms with Crippen LogP contribution in [0.25, 0.3) is 0 Å². The molecule has 0 aromatic heterocycles. The highest BCUT2D eigenvalue weighted by atomic mass is 16.6. The first-order valence-electron chi connectivity index (χ1n) is 8.08. The Kier molecular flexibility index (Phi) is 6.87. The van der Waals surface area contributed by atoms with Crippen LogP contribution in [0.4, 0.5) is 0 Å². The van der Waals surface area contributed by atoms with Gasteiger partial charge in [0.15, 0.2) is 0 Å². The van der Waals surface area contributed by atoms with Crippen molar-refractivity contribution in [2.75, 3.05) is 26.3 Å². The van der Waals surface area contributed by atoms with Gasteiger partial charge in [0.25, 0.3) is 0 Å². The number of benzene rings is 1. The van der Waals surface area contributed by atoms with Crippen LogP contribution in [0.5, 0.6) is 5.75 Å². The Morgan fingerprint density at radius 3 is 2.83 bits per heavy atom. The Bertz CT molecular complexity index is 507. The molecule has 1 atom stereocenters. The van der Waals surface area contributed by atoms with E-state index in [4.69, 9.17) is 9.57 Å². The van der Waals surface area contributed by atoms with E-state index in [0.29, 0.717) is 32.7 Å². The second kappa shape index (κ2) is 9.15. The summed E-state index contributed by atoms with van der Waals surface area (Å²) in [7, 11) is 0. The first-order chi connectivity index (χ1) is 11.2. The van der Waals surface area contributed by atoms with Crippen molar-refractivity contribution in [1.82, 2.24) is 10.4 Å². The number of nitrogens with one attached hydrogen (secondary N) is 1. The van der Waals surface area contributed by atoms with Crippen molar-refractivity contribution < 1.29 is 19.2 Å². The first kappa shape index (κ1) is 17.3. The fraction of sp³-hybridized carbons (Fsp3) is 0.529. The minimum absolute atomic E-state index is 0.0230. The minimum Gasteiger partial charge on any atom is -0.493 e. The normalized spacial score (nSPS) is 17.6. The summed E-state index contributed by atoms with van der Waals surface area (Å²) in [6, 6.07) is 9.42. The summed E-state index contributed by atoms with van der Waals surface area (Å²) in [5.41, 5.74) is 2.42. The van der Waals surface area contributed by atoms with Crippen molar-refractivity contribution >= 4 is 11.8 Å². The Balaban J connectivity index is 1.74. The molecule has 2 amide bonds. The molecule has 1 aliphatic heterocycles. The fourth-order valence-electron chi connectivity index (χ4n) is 2.58. The van der Waals surface area contributed by atoms with E-state index in [-0.39, 0.29) is 17.7 Å². The molecule has 23 heavy (non-hydrogen) atoms. The Labute approximate surface area is 136 Å². The Morgan fingerprint density at radius 2 is 2.09 bits per heavy atom. The Hall–Kier alpha value is -2.08. The van der Waals surface area contributed by atoms with Crippen LogP contribution in [-0.4, -0.2) is 43.0 Å². The van der Waals surface area contributed by atoms with Crippen LogP contribution in [0.1, 0.15) is 26.2 Å². The summed E-state index contributed by atoms with van der Waals surface area (Å²) in [4.78, 5) is 30.9. The summed E-state index contributed by atoms with van der Waals surface area (Å²) in [6.45, 7) is 3.72. The van der Waals surface area contributed by atoms with E-state index in [2.05, 4.69) is 5.48 Å². The summed E-state index contributed by atoms with van der Waals surface area (Å²) in [6.07, 6.45) is 1.92. The van der Waals surface area contributed by atoms with Crippen LogP contribution in [0, 0.1) is 5.92 Å². The van der Waals surface area contributed by atoms with Gasteiger partial charge in [-0.3, -0.25) is 14.4 Å². The molecule has 6 heteroatoms. The van der Waals surface area contributed by atoms with Crippen LogP contribution >= 0.6 is 0 Å². The highest BCUT2D eigenvalue weighted by Gasteiger charge is 2.28. The molecule has 1 aliphatic rings. The van der Waals surface area contributed by atoms with Gasteiger partial charge < -0.3 is 9.64 Å². The average molecular weight is 320 g/mol. The van der Waals surface area contributed by atoms with Gasteiger partial charge in [-0.1, -0.05) is 18.2 Å². The van der Waals surface area contributed by atoms with E-state index < -0.39 is 0 Å².